The SMILES string of the molecule is [Au+3].[Au+3].[Ni+2].[Ni+2].[O-2].[O-2].[O-2].[O-2].[O-2]. The van der Waals surface area contributed by atoms with E-state index in [9.17, 15) is 0 Å². The van der Waals surface area contributed by atoms with Gasteiger partial charge in [0.25, 0.3) is 0 Å². The van der Waals surface area contributed by atoms with Crippen molar-refractivity contribution < 1.29 is 105 Å². The Morgan fingerprint density at radius 3 is 0.333 bits per heavy atom. The van der Waals surface area contributed by atoms with Gasteiger partial charge in [-0.3, -0.25) is 0 Å². The van der Waals surface area contributed by atoms with Crippen LogP contribution in [0.4, 0.5) is 0 Å². The molecule has 0 bridgehead atoms. The first-order valence-electron chi connectivity index (χ1n) is 0. The summed E-state index contributed by atoms with van der Waals surface area (Å²) in [6, 6.07) is 0. The van der Waals surface area contributed by atoms with Crippen molar-refractivity contribution in [1.82, 2.24) is 0 Å². The van der Waals surface area contributed by atoms with E-state index >= 15 is 0 Å². The van der Waals surface area contributed by atoms with Crippen LogP contribution in [0.1, 0.15) is 0 Å². The molecule has 0 rings (SSSR count). The second kappa shape index (κ2) is 172. The zero-order valence-corrected chi connectivity index (χ0v) is 9.58. The fourth-order valence-electron chi connectivity index (χ4n) is 0. The largest absolute Gasteiger partial charge is 3.00 e. The van der Waals surface area contributed by atoms with Crippen molar-refractivity contribution >= 4 is 0 Å². The molecule has 0 spiro atoms. The van der Waals surface area contributed by atoms with Crippen molar-refractivity contribution in [3.05, 3.63) is 0 Å². The minimum atomic E-state index is 0. The van der Waals surface area contributed by atoms with E-state index in [-0.39, 0.29) is 105 Å². The molecule has 0 N–H and O–H groups in total. The van der Waals surface area contributed by atoms with Gasteiger partial charge in [-0.15, -0.1) is 0 Å². The van der Waals surface area contributed by atoms with Crippen LogP contribution in [0.2, 0.25) is 0 Å². The Morgan fingerprint density at radius 2 is 0.333 bits per heavy atom. The normalized spacial score (nSPS) is 0. The van der Waals surface area contributed by atoms with Gasteiger partial charge in [-0.05, 0) is 0 Å². The van der Waals surface area contributed by atoms with Gasteiger partial charge in [0.2, 0.25) is 0 Å². The molecular formula is Au2Ni2O5. The monoisotopic (exact) mass is 590 g/mol. The summed E-state index contributed by atoms with van der Waals surface area (Å²) in [4.78, 5) is 0. The molecular weight excluding hydrogens is 591 g/mol. The fraction of sp³-hybridized carbons (Fsp3) is 0. The molecule has 72 valence electrons. The zero-order valence-electron chi connectivity index (χ0n) is 3.28. The molecule has 9 heteroatoms. The molecule has 5 nitrogen and oxygen atoms in total. The van der Waals surface area contributed by atoms with Crippen LogP contribution >= 0.6 is 0 Å². The van der Waals surface area contributed by atoms with Gasteiger partial charge in [0.1, 0.15) is 0 Å². The van der Waals surface area contributed by atoms with Gasteiger partial charge in [0.15, 0.2) is 0 Å². The van der Waals surface area contributed by atoms with Crippen LogP contribution < -0.4 is 0 Å². The van der Waals surface area contributed by atoms with E-state index in [4.69, 9.17) is 0 Å². The molecule has 0 fully saturated rings. The quantitative estimate of drug-likeness (QED) is 0.332. The average Bonchev–Trinajstić information content (AvgIpc) is 0. The first kappa shape index (κ1) is 231. The van der Waals surface area contributed by atoms with Gasteiger partial charge in [-0.25, -0.2) is 0 Å². The predicted molar refractivity (Wildman–Crippen MR) is 3.43 cm³/mol. The van der Waals surface area contributed by atoms with Crippen molar-refractivity contribution in [3.63, 3.8) is 0 Å². The Bertz CT molecular complexity index is 12.9. The summed E-state index contributed by atoms with van der Waals surface area (Å²) in [5, 5.41) is 0. The summed E-state index contributed by atoms with van der Waals surface area (Å²) < 4.78 is 0. The smallest absolute Gasteiger partial charge is 2.00 e. The molecule has 0 aromatic carbocycles. The molecule has 0 aromatic heterocycles. The standard InChI is InChI=1S/2Au.2Ni.5O/q2*+3;2*+2;5*-2. The third-order valence-corrected chi connectivity index (χ3v) is 0. The van der Waals surface area contributed by atoms with E-state index in [1.54, 1.807) is 0 Å². The molecule has 0 saturated heterocycles. The minimum absolute atomic E-state index is 0. The van der Waals surface area contributed by atoms with Crippen molar-refractivity contribution in [2.45, 2.75) is 0 Å². The number of hydrogen-bond donors (Lipinski definition) is 0. The van der Waals surface area contributed by atoms with Gasteiger partial charge in [0.05, 0.1) is 0 Å². The van der Waals surface area contributed by atoms with E-state index in [1.807, 2.05) is 0 Å². The predicted octanol–water partition coefficient (Wildman–Crippen LogP) is -0.604. The van der Waals surface area contributed by atoms with E-state index in [0.717, 1.165) is 0 Å². The summed E-state index contributed by atoms with van der Waals surface area (Å²) in [7, 11) is 0. The molecule has 0 amide bonds. The van der Waals surface area contributed by atoms with E-state index in [2.05, 4.69) is 0 Å². The minimum Gasteiger partial charge on any atom is -2.00 e. The van der Waals surface area contributed by atoms with Crippen LogP contribution in [-0.4, -0.2) is 0 Å². The van der Waals surface area contributed by atoms with Crippen LogP contribution in [0.3, 0.4) is 0 Å². The van der Waals surface area contributed by atoms with Crippen LogP contribution in [0.5, 0.6) is 0 Å². The van der Waals surface area contributed by atoms with Crippen molar-refractivity contribution in [3.8, 4) is 0 Å². The second-order valence-corrected chi connectivity index (χ2v) is 0. The molecule has 9 heavy (non-hydrogen) atoms. The number of hydrogen-bond acceptors (Lipinski definition) is 0. The Hall–Kier alpha value is 2.27. The molecule has 0 aliphatic carbocycles. The molecule has 0 aliphatic rings. The molecule has 0 radical (unpaired) electrons. The third-order valence-electron chi connectivity index (χ3n) is 0. The molecule has 0 aliphatic heterocycles. The summed E-state index contributed by atoms with van der Waals surface area (Å²) in [5.74, 6) is 0. The second-order valence-electron chi connectivity index (χ2n) is 0. The van der Waals surface area contributed by atoms with E-state index in [0.29, 0.717) is 0 Å². The first-order valence-corrected chi connectivity index (χ1v) is 0. The van der Waals surface area contributed by atoms with Gasteiger partial charge in [-0.2, -0.15) is 0 Å². The maximum atomic E-state index is 0. The van der Waals surface area contributed by atoms with E-state index < -0.39 is 0 Å². The fourth-order valence-corrected chi connectivity index (χ4v) is 0. The Labute approximate surface area is 104 Å². The van der Waals surface area contributed by atoms with Gasteiger partial charge < -0.3 is 27.4 Å². The molecule has 0 unspecified atom stereocenters. The van der Waals surface area contributed by atoms with Crippen LogP contribution in [0.25, 0.3) is 0 Å². The number of rotatable bonds is 0. The average molecular weight is 591 g/mol. The molecule has 0 saturated carbocycles. The summed E-state index contributed by atoms with van der Waals surface area (Å²) in [5.41, 5.74) is 0. The Kier molecular flexibility index (Phi) is 4400. The van der Waals surface area contributed by atoms with Crippen molar-refractivity contribution in [1.29, 1.82) is 0 Å². The maximum Gasteiger partial charge on any atom is 3.00 e. The van der Waals surface area contributed by atoms with Crippen LogP contribution in [-0.2, 0) is 105 Å². The Balaban J connectivity index is 0. The first-order chi connectivity index (χ1) is 0. The molecule has 0 aromatic rings. The molecule has 0 atom stereocenters. The van der Waals surface area contributed by atoms with Gasteiger partial charge in [0, 0.05) is 0 Å². The topological polar surface area (TPSA) is 142 Å². The van der Waals surface area contributed by atoms with Crippen molar-refractivity contribution in [2.24, 2.45) is 0 Å². The molecule has 0 heterocycles. The van der Waals surface area contributed by atoms with Crippen molar-refractivity contribution in [2.75, 3.05) is 0 Å². The Morgan fingerprint density at radius 1 is 0.333 bits per heavy atom. The summed E-state index contributed by atoms with van der Waals surface area (Å²) >= 11 is 0. The van der Waals surface area contributed by atoms with Gasteiger partial charge in [-0.1, -0.05) is 0 Å². The van der Waals surface area contributed by atoms with E-state index in [1.165, 1.54) is 0 Å². The summed E-state index contributed by atoms with van der Waals surface area (Å²) in [6.45, 7) is 0. The summed E-state index contributed by atoms with van der Waals surface area (Å²) in [6.07, 6.45) is 0. The third kappa shape index (κ3) is 136. The van der Waals surface area contributed by atoms with Gasteiger partial charge >= 0.3 is 77.7 Å². The van der Waals surface area contributed by atoms with Crippen LogP contribution in [0, 0.1) is 0 Å². The van der Waals surface area contributed by atoms with Crippen LogP contribution in [0.15, 0.2) is 0 Å². The zero-order chi connectivity index (χ0) is 0. The maximum absolute atomic E-state index is 0.